The molecule has 0 bridgehead atoms. The average molecular weight is 341 g/mol. The number of benzene rings is 1. The predicted octanol–water partition coefficient (Wildman–Crippen LogP) is 2.95. The van der Waals surface area contributed by atoms with Crippen LogP contribution in [-0.4, -0.2) is 34.3 Å². The van der Waals surface area contributed by atoms with Crippen molar-refractivity contribution in [2.45, 2.75) is 5.75 Å². The Balaban J connectivity index is 2.13. The fourth-order valence-corrected chi connectivity index (χ4v) is 2.41. The van der Waals surface area contributed by atoms with Gasteiger partial charge in [0.1, 0.15) is 0 Å². The van der Waals surface area contributed by atoms with Crippen LogP contribution in [0.3, 0.4) is 0 Å². The first-order chi connectivity index (χ1) is 10.5. The Hall–Kier alpha value is -1.86. The average Bonchev–Trinajstić information content (AvgIpc) is 2.47. The molecule has 0 radical (unpaired) electrons. The maximum Gasteiger partial charge on any atom is 0.359 e. The molecule has 0 saturated carbocycles. The molecular weight excluding hydrogens is 327 g/mol. The van der Waals surface area contributed by atoms with Crippen LogP contribution in [0.2, 0.25) is 5.02 Å². The summed E-state index contributed by atoms with van der Waals surface area (Å²) in [5, 5.41) is 0.640. The lowest BCUT2D eigenvalue weighted by Crippen LogP contribution is -2.19. The Kier molecular flexibility index (Phi) is 5.57. The van der Waals surface area contributed by atoms with E-state index in [2.05, 4.69) is 9.98 Å². The van der Waals surface area contributed by atoms with Crippen LogP contribution in [0.5, 0.6) is 0 Å². The van der Waals surface area contributed by atoms with Crippen molar-refractivity contribution in [2.24, 2.45) is 4.99 Å². The normalized spacial score (nSPS) is 11.1. The van der Waals surface area contributed by atoms with E-state index in [1.807, 2.05) is 12.1 Å². The number of rotatable bonds is 5. The van der Waals surface area contributed by atoms with Crippen molar-refractivity contribution in [3.63, 3.8) is 0 Å². The van der Waals surface area contributed by atoms with Crippen molar-refractivity contribution in [3.8, 4) is 0 Å². The van der Waals surface area contributed by atoms with Crippen molar-refractivity contribution in [2.75, 3.05) is 14.1 Å². The second kappa shape index (κ2) is 7.42. The van der Waals surface area contributed by atoms with Crippen LogP contribution in [0.25, 0.3) is 0 Å². The molecule has 5 nitrogen and oxygen atoms in total. The number of nitrogens with zero attached hydrogens (tertiary/aromatic N) is 4. The largest absolute Gasteiger partial charge is 0.369 e. The van der Waals surface area contributed by atoms with Gasteiger partial charge in [0.05, 0.1) is 12.5 Å². The summed E-state index contributed by atoms with van der Waals surface area (Å²) in [5.41, 5.74) is 0.405. The zero-order valence-electron chi connectivity index (χ0n) is 12.0. The number of hydrogen-bond acceptors (Lipinski definition) is 4. The van der Waals surface area contributed by atoms with Gasteiger partial charge in [0.25, 0.3) is 0 Å². The highest BCUT2D eigenvalue weighted by molar-refractivity contribution is 7.97. The third kappa shape index (κ3) is 4.57. The van der Waals surface area contributed by atoms with Gasteiger partial charge in [0, 0.05) is 24.9 Å². The van der Waals surface area contributed by atoms with Crippen LogP contribution < -0.4 is 5.69 Å². The molecule has 0 unspecified atom stereocenters. The maximum atomic E-state index is 13.9. The SMILES string of the molecule is CN(C)C=Nc1nc(=O)n(SCc2ccc(Cl)cc2)cc1F. The van der Waals surface area contributed by atoms with Crippen LogP contribution in [0.1, 0.15) is 5.56 Å². The minimum absolute atomic E-state index is 0.220. The van der Waals surface area contributed by atoms with Gasteiger partial charge < -0.3 is 4.90 Å². The monoisotopic (exact) mass is 340 g/mol. The third-order valence-electron chi connectivity index (χ3n) is 2.53. The minimum atomic E-state index is -0.652. The summed E-state index contributed by atoms with van der Waals surface area (Å²) in [6.45, 7) is 0. The molecule has 0 aliphatic carbocycles. The Morgan fingerprint density at radius 2 is 2.09 bits per heavy atom. The van der Waals surface area contributed by atoms with Crippen molar-refractivity contribution in [1.29, 1.82) is 0 Å². The van der Waals surface area contributed by atoms with Crippen LogP contribution >= 0.6 is 23.5 Å². The van der Waals surface area contributed by atoms with Crippen LogP contribution in [-0.2, 0) is 5.75 Å². The van der Waals surface area contributed by atoms with Crippen LogP contribution in [0, 0.1) is 5.82 Å². The minimum Gasteiger partial charge on any atom is -0.369 e. The maximum absolute atomic E-state index is 13.9. The van der Waals surface area contributed by atoms with Crippen molar-refractivity contribution in [3.05, 3.63) is 57.3 Å². The standard InChI is InChI=1S/C14H14ClFN4OS/c1-19(2)9-17-13-12(16)7-20(14(21)18-13)22-8-10-3-5-11(15)6-4-10/h3-7,9H,8H2,1-2H3. The molecule has 0 aliphatic heterocycles. The number of hydrogen-bond donors (Lipinski definition) is 0. The van der Waals surface area contributed by atoms with Crippen molar-refractivity contribution < 1.29 is 4.39 Å². The van der Waals surface area contributed by atoms with E-state index >= 15 is 0 Å². The summed E-state index contributed by atoms with van der Waals surface area (Å²) in [4.78, 5) is 20.9. The first kappa shape index (κ1) is 16.5. The van der Waals surface area contributed by atoms with E-state index in [1.54, 1.807) is 31.1 Å². The molecule has 0 aliphatic rings. The summed E-state index contributed by atoms with van der Waals surface area (Å²) >= 11 is 6.96. The highest BCUT2D eigenvalue weighted by Gasteiger charge is 2.08. The molecule has 1 aromatic carbocycles. The number of aromatic nitrogens is 2. The molecule has 0 saturated heterocycles. The van der Waals surface area contributed by atoms with E-state index in [0.29, 0.717) is 10.8 Å². The lowest BCUT2D eigenvalue weighted by atomic mass is 10.2. The Bertz CT molecular complexity index is 731. The Labute approximate surface area is 136 Å². The zero-order chi connectivity index (χ0) is 16.1. The lowest BCUT2D eigenvalue weighted by Gasteiger charge is -2.06. The van der Waals surface area contributed by atoms with E-state index < -0.39 is 11.5 Å². The van der Waals surface area contributed by atoms with E-state index in [0.717, 1.165) is 27.7 Å². The van der Waals surface area contributed by atoms with Gasteiger partial charge in [-0.1, -0.05) is 23.7 Å². The summed E-state index contributed by atoms with van der Waals surface area (Å²) < 4.78 is 15.0. The first-order valence-electron chi connectivity index (χ1n) is 6.33. The van der Waals surface area contributed by atoms with Crippen molar-refractivity contribution in [1.82, 2.24) is 13.9 Å². The fraction of sp³-hybridized carbons (Fsp3) is 0.214. The Morgan fingerprint density at radius 1 is 1.41 bits per heavy atom. The van der Waals surface area contributed by atoms with E-state index in [9.17, 15) is 9.18 Å². The smallest absolute Gasteiger partial charge is 0.359 e. The Morgan fingerprint density at radius 3 is 2.73 bits per heavy atom. The molecule has 2 aromatic rings. The quantitative estimate of drug-likeness (QED) is 0.620. The van der Waals surface area contributed by atoms with Gasteiger partial charge in [-0.25, -0.2) is 18.1 Å². The van der Waals surface area contributed by atoms with E-state index in [-0.39, 0.29) is 5.82 Å². The first-order valence-corrected chi connectivity index (χ1v) is 7.65. The summed E-state index contributed by atoms with van der Waals surface area (Å²) in [7, 11) is 3.48. The highest BCUT2D eigenvalue weighted by atomic mass is 35.5. The van der Waals surface area contributed by atoms with Gasteiger partial charge in [-0.05, 0) is 29.6 Å². The van der Waals surface area contributed by atoms with Crippen LogP contribution in [0.4, 0.5) is 10.2 Å². The van der Waals surface area contributed by atoms with E-state index in [1.165, 1.54) is 6.34 Å². The molecule has 0 amide bonds. The topological polar surface area (TPSA) is 50.5 Å². The summed E-state index contributed by atoms with van der Waals surface area (Å²) in [5.74, 6) is -0.373. The second-order valence-electron chi connectivity index (χ2n) is 4.63. The molecular formula is C14H14ClFN4OS. The molecule has 0 fully saturated rings. The number of halogens is 2. The van der Waals surface area contributed by atoms with Gasteiger partial charge in [-0.3, -0.25) is 0 Å². The molecule has 1 aromatic heterocycles. The van der Waals surface area contributed by atoms with Gasteiger partial charge in [-0.2, -0.15) is 4.98 Å². The molecule has 116 valence electrons. The second-order valence-corrected chi connectivity index (χ2v) is 6.01. The van der Waals surface area contributed by atoms with Gasteiger partial charge in [0.15, 0.2) is 11.6 Å². The molecule has 0 atom stereocenters. The van der Waals surface area contributed by atoms with Crippen molar-refractivity contribution >= 4 is 35.7 Å². The van der Waals surface area contributed by atoms with Gasteiger partial charge in [-0.15, -0.1) is 0 Å². The zero-order valence-corrected chi connectivity index (χ0v) is 13.6. The van der Waals surface area contributed by atoms with Gasteiger partial charge >= 0.3 is 5.69 Å². The molecule has 8 heteroatoms. The highest BCUT2D eigenvalue weighted by Crippen LogP contribution is 2.18. The molecule has 22 heavy (non-hydrogen) atoms. The predicted molar refractivity (Wildman–Crippen MR) is 88.4 cm³/mol. The van der Waals surface area contributed by atoms with E-state index in [4.69, 9.17) is 11.6 Å². The fourth-order valence-electron chi connectivity index (χ4n) is 1.49. The summed E-state index contributed by atoms with van der Waals surface area (Å²) in [6, 6.07) is 7.22. The van der Waals surface area contributed by atoms with Crippen LogP contribution in [0.15, 0.2) is 40.2 Å². The third-order valence-corrected chi connectivity index (χ3v) is 3.78. The lowest BCUT2D eigenvalue weighted by molar-refractivity contribution is 0.607. The molecule has 0 spiro atoms. The molecule has 2 rings (SSSR count). The summed E-state index contributed by atoms with van der Waals surface area (Å²) in [6.07, 6.45) is 2.48. The molecule has 0 N–H and O–H groups in total. The molecule has 1 heterocycles. The number of aliphatic imine (C=N–C) groups is 1. The van der Waals surface area contributed by atoms with Gasteiger partial charge in [0.2, 0.25) is 0 Å².